The molecule has 5 rings (SSSR count). The number of ketones is 1. The van der Waals surface area contributed by atoms with E-state index in [1.165, 1.54) is 0 Å². The topological polar surface area (TPSA) is 64.4 Å². The number of likely N-dealkylation sites (tertiary alicyclic amines) is 1. The van der Waals surface area contributed by atoms with Gasteiger partial charge in [-0.15, -0.1) is 0 Å². The van der Waals surface area contributed by atoms with Crippen LogP contribution in [0.3, 0.4) is 0 Å². The zero-order valence-electron chi connectivity index (χ0n) is 20.3. The second-order valence-corrected chi connectivity index (χ2v) is 9.11. The molecule has 1 saturated heterocycles. The van der Waals surface area contributed by atoms with Crippen molar-refractivity contribution in [2.75, 3.05) is 20.2 Å². The lowest BCUT2D eigenvalue weighted by molar-refractivity contribution is 0.0651. The zero-order valence-corrected chi connectivity index (χ0v) is 20.3. The van der Waals surface area contributed by atoms with Crippen molar-refractivity contribution in [2.45, 2.75) is 19.4 Å². The van der Waals surface area contributed by atoms with Crippen molar-refractivity contribution in [3.63, 3.8) is 0 Å². The van der Waals surface area contributed by atoms with E-state index in [9.17, 15) is 9.59 Å². The Hall–Kier alpha value is -4.19. The standard InChI is InChI=1S/C30H29N3O3/c1-36-26-13-11-24(12-14-26)29(34)25-15-19-32(20-16-25)30(35)28-6-3-2-5-27(28)23-9-7-22(8-10-23)21-33-18-4-17-31-33/h2-14,17-18,25H,15-16,19-21H2,1H3. The molecule has 3 aromatic carbocycles. The minimum atomic E-state index is -0.0694. The van der Waals surface area contributed by atoms with Gasteiger partial charge in [0, 0.05) is 42.5 Å². The lowest BCUT2D eigenvalue weighted by Gasteiger charge is -2.32. The van der Waals surface area contributed by atoms with Gasteiger partial charge in [-0.05, 0) is 65.9 Å². The number of rotatable bonds is 7. The predicted octanol–water partition coefficient (Wildman–Crippen LogP) is 5.34. The van der Waals surface area contributed by atoms with E-state index in [0.29, 0.717) is 43.6 Å². The van der Waals surface area contributed by atoms with Gasteiger partial charge >= 0.3 is 0 Å². The van der Waals surface area contributed by atoms with E-state index in [2.05, 4.69) is 29.4 Å². The van der Waals surface area contributed by atoms with Crippen LogP contribution in [0, 0.1) is 5.92 Å². The van der Waals surface area contributed by atoms with Crippen molar-refractivity contribution in [3.05, 3.63) is 108 Å². The summed E-state index contributed by atoms with van der Waals surface area (Å²) in [7, 11) is 1.61. The molecule has 1 aromatic heterocycles. The van der Waals surface area contributed by atoms with E-state index in [1.54, 1.807) is 13.3 Å². The van der Waals surface area contributed by atoms with Crippen LogP contribution in [0.25, 0.3) is 11.1 Å². The first kappa shape index (κ1) is 23.5. The van der Waals surface area contributed by atoms with Gasteiger partial charge in [0.25, 0.3) is 5.91 Å². The smallest absolute Gasteiger partial charge is 0.254 e. The van der Waals surface area contributed by atoms with Gasteiger partial charge in [0.05, 0.1) is 13.7 Å². The van der Waals surface area contributed by atoms with E-state index in [4.69, 9.17) is 4.74 Å². The van der Waals surface area contributed by atoms with Crippen LogP contribution in [0.5, 0.6) is 5.75 Å². The highest BCUT2D eigenvalue weighted by Gasteiger charge is 2.29. The molecule has 0 spiro atoms. The molecule has 36 heavy (non-hydrogen) atoms. The summed E-state index contributed by atoms with van der Waals surface area (Å²) in [5.74, 6) is 0.820. The Balaban J connectivity index is 1.26. The number of benzene rings is 3. The Morgan fingerprint density at radius 2 is 1.64 bits per heavy atom. The summed E-state index contributed by atoms with van der Waals surface area (Å²) in [4.78, 5) is 28.3. The average molecular weight is 480 g/mol. The van der Waals surface area contributed by atoms with E-state index >= 15 is 0 Å². The molecular weight excluding hydrogens is 450 g/mol. The lowest BCUT2D eigenvalue weighted by atomic mass is 9.88. The van der Waals surface area contributed by atoms with E-state index in [0.717, 1.165) is 22.4 Å². The fourth-order valence-electron chi connectivity index (χ4n) is 4.80. The van der Waals surface area contributed by atoms with Crippen molar-refractivity contribution in [1.29, 1.82) is 0 Å². The summed E-state index contributed by atoms with van der Waals surface area (Å²) in [6, 6.07) is 25.2. The van der Waals surface area contributed by atoms with Gasteiger partial charge in [0.15, 0.2) is 5.78 Å². The normalized spacial score (nSPS) is 14.0. The molecular formula is C30H29N3O3. The van der Waals surface area contributed by atoms with Crippen molar-refractivity contribution in [2.24, 2.45) is 5.92 Å². The number of aromatic nitrogens is 2. The summed E-state index contributed by atoms with van der Waals surface area (Å²) in [5, 5.41) is 4.26. The Morgan fingerprint density at radius 1 is 0.917 bits per heavy atom. The van der Waals surface area contributed by atoms with Crippen LogP contribution in [0.15, 0.2) is 91.3 Å². The van der Waals surface area contributed by atoms with Gasteiger partial charge in [-0.2, -0.15) is 5.10 Å². The third-order valence-electron chi connectivity index (χ3n) is 6.85. The molecule has 0 saturated carbocycles. The Morgan fingerprint density at radius 3 is 2.31 bits per heavy atom. The molecule has 0 N–H and O–H groups in total. The largest absolute Gasteiger partial charge is 0.497 e. The van der Waals surface area contributed by atoms with Crippen molar-refractivity contribution >= 4 is 11.7 Å². The molecule has 6 heteroatoms. The van der Waals surface area contributed by atoms with E-state index in [1.807, 2.05) is 70.4 Å². The number of ether oxygens (including phenoxy) is 1. The summed E-state index contributed by atoms with van der Waals surface area (Å²) in [6.07, 6.45) is 5.05. The Labute approximate surface area is 211 Å². The zero-order chi connectivity index (χ0) is 24.9. The summed E-state index contributed by atoms with van der Waals surface area (Å²) in [5.41, 5.74) is 4.46. The van der Waals surface area contributed by atoms with Crippen LogP contribution in [0.1, 0.15) is 39.1 Å². The Kier molecular flexibility index (Phi) is 6.94. The van der Waals surface area contributed by atoms with Crippen LogP contribution in [-0.2, 0) is 6.54 Å². The fourth-order valence-corrected chi connectivity index (χ4v) is 4.80. The first-order valence-electron chi connectivity index (χ1n) is 12.3. The van der Waals surface area contributed by atoms with Crippen LogP contribution >= 0.6 is 0 Å². The predicted molar refractivity (Wildman–Crippen MR) is 139 cm³/mol. The number of methoxy groups -OCH3 is 1. The molecule has 1 amide bonds. The number of hydrogen-bond acceptors (Lipinski definition) is 4. The van der Waals surface area contributed by atoms with Gasteiger partial charge in [0.1, 0.15) is 5.75 Å². The van der Waals surface area contributed by atoms with Crippen LogP contribution < -0.4 is 4.74 Å². The molecule has 0 unspecified atom stereocenters. The Bertz CT molecular complexity index is 1320. The monoisotopic (exact) mass is 479 g/mol. The third kappa shape index (κ3) is 5.08. The second kappa shape index (κ2) is 10.6. The van der Waals surface area contributed by atoms with Crippen LogP contribution in [0.2, 0.25) is 0 Å². The van der Waals surface area contributed by atoms with Gasteiger partial charge in [-0.25, -0.2) is 0 Å². The molecule has 0 bridgehead atoms. The molecule has 1 aliphatic heterocycles. The number of piperidine rings is 1. The van der Waals surface area contributed by atoms with Gasteiger partial charge in [0.2, 0.25) is 0 Å². The van der Waals surface area contributed by atoms with Gasteiger partial charge in [-0.1, -0.05) is 42.5 Å². The van der Waals surface area contributed by atoms with Crippen LogP contribution in [0.4, 0.5) is 0 Å². The van der Waals surface area contributed by atoms with Gasteiger partial charge < -0.3 is 9.64 Å². The maximum absolute atomic E-state index is 13.5. The molecule has 0 atom stereocenters. The average Bonchev–Trinajstić information content (AvgIpc) is 3.46. The minimum absolute atomic E-state index is 0.0153. The first-order valence-corrected chi connectivity index (χ1v) is 12.3. The number of carbonyl (C=O) groups excluding carboxylic acids is 2. The van der Waals surface area contributed by atoms with Crippen molar-refractivity contribution in [3.8, 4) is 16.9 Å². The first-order chi connectivity index (χ1) is 17.6. The van der Waals surface area contributed by atoms with E-state index in [-0.39, 0.29) is 17.6 Å². The van der Waals surface area contributed by atoms with Crippen LogP contribution in [-0.4, -0.2) is 46.6 Å². The number of Topliss-reactive ketones (excluding diaryl/α,β-unsaturated/α-hetero) is 1. The third-order valence-corrected chi connectivity index (χ3v) is 6.85. The summed E-state index contributed by atoms with van der Waals surface area (Å²) < 4.78 is 7.07. The van der Waals surface area contributed by atoms with E-state index < -0.39 is 0 Å². The SMILES string of the molecule is COc1ccc(C(=O)C2CCN(C(=O)c3ccccc3-c3ccc(Cn4cccn4)cc3)CC2)cc1. The number of carbonyl (C=O) groups is 2. The lowest BCUT2D eigenvalue weighted by Crippen LogP contribution is -2.40. The minimum Gasteiger partial charge on any atom is -0.497 e. The van der Waals surface area contributed by atoms with Crippen molar-refractivity contribution < 1.29 is 14.3 Å². The van der Waals surface area contributed by atoms with Crippen molar-refractivity contribution in [1.82, 2.24) is 14.7 Å². The number of amides is 1. The quantitative estimate of drug-likeness (QED) is 0.336. The summed E-state index contributed by atoms with van der Waals surface area (Å²) >= 11 is 0. The number of nitrogens with zero attached hydrogens (tertiary/aromatic N) is 3. The fraction of sp³-hybridized carbons (Fsp3) is 0.233. The molecule has 1 aliphatic rings. The highest BCUT2D eigenvalue weighted by atomic mass is 16.5. The molecule has 0 aliphatic carbocycles. The number of hydrogen-bond donors (Lipinski definition) is 0. The summed E-state index contributed by atoms with van der Waals surface area (Å²) in [6.45, 7) is 1.85. The maximum atomic E-state index is 13.5. The highest BCUT2D eigenvalue weighted by Crippen LogP contribution is 2.28. The highest BCUT2D eigenvalue weighted by molar-refractivity contribution is 6.01. The van der Waals surface area contributed by atoms with Gasteiger partial charge in [-0.3, -0.25) is 14.3 Å². The molecule has 2 heterocycles. The molecule has 1 fully saturated rings. The molecule has 0 radical (unpaired) electrons. The second-order valence-electron chi connectivity index (χ2n) is 9.11. The molecule has 4 aromatic rings. The molecule has 182 valence electrons. The molecule has 6 nitrogen and oxygen atoms in total. The maximum Gasteiger partial charge on any atom is 0.254 e.